The summed E-state index contributed by atoms with van der Waals surface area (Å²) in [6, 6.07) is 23.3. The third kappa shape index (κ3) is 6.91. The Morgan fingerprint density at radius 1 is 1.06 bits per heavy atom. The van der Waals surface area contributed by atoms with Gasteiger partial charge in [-0.15, -0.1) is 16.8 Å². The van der Waals surface area contributed by atoms with Gasteiger partial charge in [-0.25, -0.2) is 0 Å². The van der Waals surface area contributed by atoms with Crippen LogP contribution in [0.15, 0.2) is 91.5 Å². The fourth-order valence-electron chi connectivity index (χ4n) is 3.47. The molecule has 4 rings (SSSR count). The van der Waals surface area contributed by atoms with Crippen LogP contribution in [0.25, 0.3) is 0 Å². The first-order valence-corrected chi connectivity index (χ1v) is 11.6. The number of hydrogen-bond donors (Lipinski definition) is 2. The quantitative estimate of drug-likeness (QED) is 0.264. The maximum Gasteiger partial charge on any atom is 0.238 e. The summed E-state index contributed by atoms with van der Waals surface area (Å²) >= 11 is 6.23. The van der Waals surface area contributed by atoms with E-state index in [1.54, 1.807) is 42.5 Å². The molecule has 2 N–H and O–H groups in total. The molecule has 0 spiro atoms. The Balaban J connectivity index is 1.41. The van der Waals surface area contributed by atoms with Crippen LogP contribution in [0.2, 0.25) is 5.02 Å². The number of rotatable bonds is 12. The second kappa shape index (κ2) is 12.5. The first-order valence-electron chi connectivity index (χ1n) is 11.2. The minimum absolute atomic E-state index is 0.0410. The summed E-state index contributed by atoms with van der Waals surface area (Å²) in [7, 11) is 0. The number of para-hydroxylation sites is 2. The van der Waals surface area contributed by atoms with Crippen molar-refractivity contribution in [3.05, 3.63) is 102 Å². The Morgan fingerprint density at radius 2 is 1.78 bits per heavy atom. The van der Waals surface area contributed by atoms with Crippen molar-refractivity contribution in [2.75, 3.05) is 25.0 Å². The molecule has 3 aromatic carbocycles. The van der Waals surface area contributed by atoms with Gasteiger partial charge >= 0.3 is 0 Å². The van der Waals surface area contributed by atoms with E-state index in [0.717, 1.165) is 5.75 Å². The van der Waals surface area contributed by atoms with Gasteiger partial charge in [-0.05, 0) is 48.5 Å². The number of carbonyl (C=O) groups is 1. The predicted molar refractivity (Wildman–Crippen MR) is 137 cm³/mol. The van der Waals surface area contributed by atoms with Crippen LogP contribution in [0.3, 0.4) is 0 Å². The molecule has 184 valence electrons. The van der Waals surface area contributed by atoms with Gasteiger partial charge in [0.2, 0.25) is 5.91 Å². The van der Waals surface area contributed by atoms with Crippen molar-refractivity contribution in [2.24, 2.45) is 0 Å². The number of halogens is 1. The molecule has 1 aromatic heterocycles. The number of benzene rings is 3. The molecule has 0 fully saturated rings. The van der Waals surface area contributed by atoms with Crippen LogP contribution in [-0.4, -0.2) is 51.1 Å². The number of amides is 1. The van der Waals surface area contributed by atoms with E-state index in [9.17, 15) is 4.79 Å². The summed E-state index contributed by atoms with van der Waals surface area (Å²) in [4.78, 5) is 14.8. The molecule has 1 heterocycles. The van der Waals surface area contributed by atoms with Crippen molar-refractivity contribution in [3.63, 3.8) is 0 Å². The maximum absolute atomic E-state index is 12.9. The molecule has 1 atom stereocenters. The summed E-state index contributed by atoms with van der Waals surface area (Å²) < 4.78 is 11.7. The summed E-state index contributed by atoms with van der Waals surface area (Å²) in [6.07, 6.45) is 1.70. The van der Waals surface area contributed by atoms with E-state index in [2.05, 4.69) is 32.5 Å². The van der Waals surface area contributed by atoms with E-state index >= 15 is 0 Å². The Bertz CT molecular complexity index is 1250. The molecule has 4 aromatic rings. The lowest BCUT2D eigenvalue weighted by molar-refractivity contribution is -0.117. The highest BCUT2D eigenvalue weighted by Gasteiger charge is 2.27. The normalized spacial score (nSPS) is 11.6. The topological polar surface area (TPSA) is 105 Å². The second-order valence-electron chi connectivity index (χ2n) is 7.73. The smallest absolute Gasteiger partial charge is 0.238 e. The fourth-order valence-corrected chi connectivity index (χ4v) is 3.66. The Hall–Kier alpha value is -4.21. The number of nitrogens with zero attached hydrogens (tertiary/aromatic N) is 4. The lowest BCUT2D eigenvalue weighted by Gasteiger charge is -2.28. The lowest BCUT2D eigenvalue weighted by atomic mass is 10.2. The maximum atomic E-state index is 12.9. The third-order valence-electron chi connectivity index (χ3n) is 5.16. The molecule has 0 aliphatic rings. The Morgan fingerprint density at radius 3 is 2.47 bits per heavy atom. The number of aromatic amines is 1. The van der Waals surface area contributed by atoms with Crippen LogP contribution in [0.1, 0.15) is 11.9 Å². The minimum atomic E-state index is -0.481. The molecule has 0 bridgehead atoms. The van der Waals surface area contributed by atoms with E-state index in [1.165, 1.54) is 0 Å². The molecule has 0 saturated carbocycles. The second-order valence-corrected chi connectivity index (χ2v) is 8.14. The molecule has 10 heteroatoms. The summed E-state index contributed by atoms with van der Waals surface area (Å²) in [5, 5.41) is 17.7. The molecule has 0 aliphatic heterocycles. The average Bonchev–Trinajstić information content (AvgIpc) is 3.42. The van der Waals surface area contributed by atoms with Crippen molar-refractivity contribution >= 4 is 23.2 Å². The van der Waals surface area contributed by atoms with Gasteiger partial charge in [-0.1, -0.05) is 53.2 Å². The standard InChI is InChI=1S/C26H25ClN6O3/c1-2-16-33(23(26-29-31-32-30-26)18-35-24-11-7-6-10-22(24)27)17-25(34)28-19-12-14-21(15-13-19)36-20-8-4-3-5-9-20/h2-15,23H,1,16-18H2,(H,28,34)(H,29,30,31,32). The van der Waals surface area contributed by atoms with Gasteiger partial charge in [0, 0.05) is 12.2 Å². The molecule has 1 unspecified atom stereocenters. The van der Waals surface area contributed by atoms with Gasteiger partial charge in [0.05, 0.1) is 11.6 Å². The van der Waals surface area contributed by atoms with Gasteiger partial charge < -0.3 is 14.8 Å². The van der Waals surface area contributed by atoms with E-state index in [0.29, 0.717) is 34.6 Å². The monoisotopic (exact) mass is 504 g/mol. The molecule has 1 amide bonds. The van der Waals surface area contributed by atoms with Crippen LogP contribution in [0.4, 0.5) is 5.69 Å². The zero-order valence-electron chi connectivity index (χ0n) is 19.4. The van der Waals surface area contributed by atoms with E-state index in [-0.39, 0.29) is 19.1 Å². The average molecular weight is 505 g/mol. The van der Waals surface area contributed by atoms with Gasteiger partial charge in [0.15, 0.2) is 5.82 Å². The number of hydrogen-bond acceptors (Lipinski definition) is 7. The van der Waals surface area contributed by atoms with Crippen LogP contribution in [0.5, 0.6) is 17.2 Å². The highest BCUT2D eigenvalue weighted by molar-refractivity contribution is 6.32. The highest BCUT2D eigenvalue weighted by Crippen LogP contribution is 2.26. The first kappa shape index (κ1) is 24.9. The zero-order chi connectivity index (χ0) is 25.2. The number of aromatic nitrogens is 4. The molecular formula is C26H25ClN6O3. The zero-order valence-corrected chi connectivity index (χ0v) is 20.1. The van der Waals surface area contributed by atoms with Crippen LogP contribution < -0.4 is 14.8 Å². The molecule has 0 saturated heterocycles. The van der Waals surface area contributed by atoms with Crippen LogP contribution in [-0.2, 0) is 4.79 Å². The van der Waals surface area contributed by atoms with Gasteiger partial charge in [0.1, 0.15) is 29.9 Å². The molecular weight excluding hydrogens is 480 g/mol. The number of carbonyl (C=O) groups excluding carboxylic acids is 1. The third-order valence-corrected chi connectivity index (χ3v) is 5.47. The van der Waals surface area contributed by atoms with Crippen molar-refractivity contribution in [1.29, 1.82) is 0 Å². The number of anilines is 1. The fraction of sp³-hybridized carbons (Fsp3) is 0.154. The highest BCUT2D eigenvalue weighted by atomic mass is 35.5. The van der Waals surface area contributed by atoms with Crippen LogP contribution >= 0.6 is 11.6 Å². The van der Waals surface area contributed by atoms with Crippen molar-refractivity contribution in [2.45, 2.75) is 6.04 Å². The largest absolute Gasteiger partial charge is 0.490 e. The number of tetrazole rings is 1. The molecule has 9 nitrogen and oxygen atoms in total. The first-order chi connectivity index (χ1) is 17.6. The Kier molecular flexibility index (Phi) is 8.63. The van der Waals surface area contributed by atoms with E-state index in [1.807, 2.05) is 47.4 Å². The minimum Gasteiger partial charge on any atom is -0.490 e. The predicted octanol–water partition coefficient (Wildman–Crippen LogP) is 4.89. The molecule has 0 aliphatic carbocycles. The SMILES string of the molecule is C=CCN(CC(=O)Nc1ccc(Oc2ccccc2)cc1)C(COc1ccccc1Cl)c1nn[nH]n1. The summed E-state index contributed by atoms with van der Waals surface area (Å²) in [6.45, 7) is 4.40. The molecule has 0 radical (unpaired) electrons. The summed E-state index contributed by atoms with van der Waals surface area (Å²) in [5.74, 6) is 2.09. The van der Waals surface area contributed by atoms with Gasteiger partial charge in [-0.2, -0.15) is 5.21 Å². The van der Waals surface area contributed by atoms with E-state index < -0.39 is 6.04 Å². The number of nitrogens with one attached hydrogen (secondary N) is 2. The van der Waals surface area contributed by atoms with Gasteiger partial charge in [0.25, 0.3) is 0 Å². The van der Waals surface area contributed by atoms with Crippen LogP contribution in [0, 0.1) is 0 Å². The van der Waals surface area contributed by atoms with Gasteiger partial charge in [-0.3, -0.25) is 9.69 Å². The van der Waals surface area contributed by atoms with Crippen molar-refractivity contribution in [3.8, 4) is 17.2 Å². The number of ether oxygens (including phenoxy) is 2. The molecule has 36 heavy (non-hydrogen) atoms. The van der Waals surface area contributed by atoms with E-state index in [4.69, 9.17) is 21.1 Å². The summed E-state index contributed by atoms with van der Waals surface area (Å²) in [5.41, 5.74) is 0.641. The van der Waals surface area contributed by atoms with Crippen molar-refractivity contribution in [1.82, 2.24) is 25.5 Å². The van der Waals surface area contributed by atoms with Crippen molar-refractivity contribution < 1.29 is 14.3 Å². The Labute approximate surface area is 213 Å². The number of H-pyrrole nitrogens is 1. The lowest BCUT2D eigenvalue weighted by Crippen LogP contribution is -2.39.